The van der Waals surface area contributed by atoms with Gasteiger partial charge in [0, 0.05) is 0 Å². The van der Waals surface area contributed by atoms with Gasteiger partial charge in [-0.1, -0.05) is 61.7 Å². The van der Waals surface area contributed by atoms with Gasteiger partial charge in [-0.25, -0.2) is 0 Å². The number of rotatable bonds is 1. The van der Waals surface area contributed by atoms with E-state index in [1.807, 2.05) is 0 Å². The molecule has 0 unspecified atom stereocenters. The Bertz CT molecular complexity index is 589. The average molecular weight is 234 g/mol. The SMILES string of the molecule is c1ccc2c(c1)-c1cccc(C3CCCCC3)c1-2. The van der Waals surface area contributed by atoms with Crippen LogP contribution in [-0.2, 0) is 0 Å². The van der Waals surface area contributed by atoms with E-state index in [9.17, 15) is 0 Å². The molecule has 1 fully saturated rings. The van der Waals surface area contributed by atoms with E-state index in [-0.39, 0.29) is 0 Å². The lowest BCUT2D eigenvalue weighted by atomic mass is 9.72. The predicted molar refractivity (Wildman–Crippen MR) is 76.7 cm³/mol. The minimum Gasteiger partial charge on any atom is -0.0616 e. The number of hydrogen-bond acceptors (Lipinski definition) is 0. The minimum absolute atomic E-state index is 0.807. The molecule has 2 aromatic carbocycles. The lowest BCUT2D eigenvalue weighted by Crippen LogP contribution is -2.10. The highest BCUT2D eigenvalue weighted by Crippen LogP contribution is 2.51. The Labute approximate surface area is 109 Å². The molecular formula is C18H18. The fourth-order valence-electron chi connectivity index (χ4n) is 3.72. The van der Waals surface area contributed by atoms with Crippen LogP contribution in [0.2, 0.25) is 0 Å². The van der Waals surface area contributed by atoms with E-state index in [1.165, 1.54) is 48.8 Å². The first-order valence-corrected chi connectivity index (χ1v) is 7.18. The van der Waals surface area contributed by atoms with E-state index in [1.54, 1.807) is 11.1 Å². The van der Waals surface area contributed by atoms with Crippen LogP contribution < -0.4 is 0 Å². The van der Waals surface area contributed by atoms with Gasteiger partial charge in [0.05, 0.1) is 0 Å². The maximum atomic E-state index is 2.37. The third-order valence-electron chi connectivity index (χ3n) is 4.63. The second-order valence-corrected chi connectivity index (χ2v) is 5.65. The Morgan fingerprint density at radius 2 is 1.39 bits per heavy atom. The van der Waals surface area contributed by atoms with E-state index in [2.05, 4.69) is 42.5 Å². The lowest BCUT2D eigenvalue weighted by molar-refractivity contribution is 0.444. The fraction of sp³-hybridized carbons (Fsp3) is 0.333. The van der Waals surface area contributed by atoms with Gasteiger partial charge in [0.1, 0.15) is 0 Å². The topological polar surface area (TPSA) is 0 Å². The third kappa shape index (κ3) is 1.38. The van der Waals surface area contributed by atoms with E-state index < -0.39 is 0 Å². The van der Waals surface area contributed by atoms with Crippen molar-refractivity contribution in [2.75, 3.05) is 0 Å². The van der Waals surface area contributed by atoms with Crippen LogP contribution in [0.15, 0.2) is 42.5 Å². The van der Waals surface area contributed by atoms with Crippen molar-refractivity contribution >= 4 is 0 Å². The summed E-state index contributed by atoms with van der Waals surface area (Å²) in [7, 11) is 0. The molecule has 4 rings (SSSR count). The zero-order valence-corrected chi connectivity index (χ0v) is 10.7. The van der Waals surface area contributed by atoms with Gasteiger partial charge in [0.25, 0.3) is 0 Å². The van der Waals surface area contributed by atoms with Crippen LogP contribution in [0.3, 0.4) is 0 Å². The summed E-state index contributed by atoms with van der Waals surface area (Å²) in [4.78, 5) is 0. The first kappa shape index (κ1) is 10.4. The smallest absolute Gasteiger partial charge is 0.00640 e. The molecule has 0 spiro atoms. The van der Waals surface area contributed by atoms with Crippen LogP contribution in [0.1, 0.15) is 43.6 Å². The van der Waals surface area contributed by atoms with Crippen LogP contribution in [0.5, 0.6) is 0 Å². The summed E-state index contributed by atoms with van der Waals surface area (Å²) in [6.07, 6.45) is 7.03. The monoisotopic (exact) mass is 234 g/mol. The van der Waals surface area contributed by atoms with Crippen molar-refractivity contribution < 1.29 is 0 Å². The molecular weight excluding hydrogens is 216 g/mol. The van der Waals surface area contributed by atoms with Crippen LogP contribution in [0, 0.1) is 0 Å². The standard InChI is InChI=1S/C18H18/c1-2-7-13(8-3-1)14-11-6-12-17-15-9-4-5-10-16(15)18(14)17/h4-6,9-13H,1-3,7-8H2. The molecule has 2 aliphatic carbocycles. The van der Waals surface area contributed by atoms with Gasteiger partial charge in [0.2, 0.25) is 0 Å². The van der Waals surface area contributed by atoms with Crippen LogP contribution in [0.25, 0.3) is 22.3 Å². The summed E-state index contributed by atoms with van der Waals surface area (Å²) in [6.45, 7) is 0. The lowest BCUT2D eigenvalue weighted by Gasteiger charge is -2.31. The van der Waals surface area contributed by atoms with Crippen molar-refractivity contribution in [3.05, 3.63) is 48.0 Å². The number of hydrogen-bond donors (Lipinski definition) is 0. The first-order chi connectivity index (χ1) is 8.95. The summed E-state index contributed by atoms with van der Waals surface area (Å²) in [5.41, 5.74) is 7.58. The Kier molecular flexibility index (Phi) is 2.29. The molecule has 0 saturated heterocycles. The van der Waals surface area contributed by atoms with Crippen molar-refractivity contribution in [3.8, 4) is 22.3 Å². The molecule has 2 aliphatic rings. The van der Waals surface area contributed by atoms with Crippen molar-refractivity contribution in [1.82, 2.24) is 0 Å². The van der Waals surface area contributed by atoms with Crippen molar-refractivity contribution in [3.63, 3.8) is 0 Å². The molecule has 90 valence electrons. The molecule has 0 N–H and O–H groups in total. The molecule has 0 nitrogen and oxygen atoms in total. The highest BCUT2D eigenvalue weighted by Gasteiger charge is 2.28. The maximum absolute atomic E-state index is 2.37. The Balaban J connectivity index is 1.81. The zero-order valence-electron chi connectivity index (χ0n) is 10.7. The first-order valence-electron chi connectivity index (χ1n) is 7.18. The van der Waals surface area contributed by atoms with Crippen LogP contribution >= 0.6 is 0 Å². The molecule has 18 heavy (non-hydrogen) atoms. The largest absolute Gasteiger partial charge is 0.0616 e. The van der Waals surface area contributed by atoms with Gasteiger partial charge in [-0.05, 0) is 46.6 Å². The number of fused-ring (bicyclic) bond motifs is 4. The zero-order chi connectivity index (χ0) is 11.9. The maximum Gasteiger partial charge on any atom is -0.00640 e. The Morgan fingerprint density at radius 3 is 2.22 bits per heavy atom. The molecule has 0 bridgehead atoms. The number of benzene rings is 2. The highest BCUT2D eigenvalue weighted by molar-refractivity contribution is 6.03. The molecule has 0 heterocycles. The molecule has 0 radical (unpaired) electrons. The summed E-state index contributed by atoms with van der Waals surface area (Å²) < 4.78 is 0. The molecule has 2 aromatic rings. The predicted octanol–water partition coefficient (Wildman–Crippen LogP) is 5.38. The summed E-state index contributed by atoms with van der Waals surface area (Å²) in [6, 6.07) is 15.7. The van der Waals surface area contributed by atoms with Gasteiger partial charge < -0.3 is 0 Å². The van der Waals surface area contributed by atoms with Gasteiger partial charge in [-0.15, -0.1) is 0 Å². The van der Waals surface area contributed by atoms with Crippen LogP contribution in [0.4, 0.5) is 0 Å². The Morgan fingerprint density at radius 1 is 0.667 bits per heavy atom. The van der Waals surface area contributed by atoms with E-state index in [4.69, 9.17) is 0 Å². The molecule has 0 aliphatic heterocycles. The van der Waals surface area contributed by atoms with Gasteiger partial charge in [0.15, 0.2) is 0 Å². The summed E-state index contributed by atoms with van der Waals surface area (Å²) >= 11 is 0. The minimum atomic E-state index is 0.807. The van der Waals surface area contributed by atoms with Gasteiger partial charge in [-0.2, -0.15) is 0 Å². The van der Waals surface area contributed by atoms with E-state index in [0.29, 0.717) is 0 Å². The van der Waals surface area contributed by atoms with Crippen molar-refractivity contribution in [2.24, 2.45) is 0 Å². The average Bonchev–Trinajstić information content (AvgIpc) is 2.45. The molecule has 0 heteroatoms. The van der Waals surface area contributed by atoms with Crippen molar-refractivity contribution in [1.29, 1.82) is 0 Å². The highest BCUT2D eigenvalue weighted by atomic mass is 14.3. The second-order valence-electron chi connectivity index (χ2n) is 5.65. The fourth-order valence-corrected chi connectivity index (χ4v) is 3.72. The molecule has 0 amide bonds. The van der Waals surface area contributed by atoms with Gasteiger partial charge in [-0.3, -0.25) is 0 Å². The molecule has 0 atom stereocenters. The molecule has 1 saturated carbocycles. The summed E-state index contributed by atoms with van der Waals surface area (Å²) in [5, 5.41) is 0. The Hall–Kier alpha value is -1.56. The van der Waals surface area contributed by atoms with Gasteiger partial charge >= 0.3 is 0 Å². The summed E-state index contributed by atoms with van der Waals surface area (Å²) in [5.74, 6) is 0.807. The van der Waals surface area contributed by atoms with E-state index in [0.717, 1.165) is 5.92 Å². The normalized spacial score (nSPS) is 17.8. The quantitative estimate of drug-likeness (QED) is 0.530. The van der Waals surface area contributed by atoms with E-state index >= 15 is 0 Å². The third-order valence-corrected chi connectivity index (χ3v) is 4.63. The molecule has 0 aromatic heterocycles. The second kappa shape index (κ2) is 3.98. The van der Waals surface area contributed by atoms with Crippen molar-refractivity contribution in [2.45, 2.75) is 38.0 Å². The van der Waals surface area contributed by atoms with Crippen LogP contribution in [-0.4, -0.2) is 0 Å².